The van der Waals surface area contributed by atoms with Crippen molar-refractivity contribution in [2.24, 2.45) is 0 Å². The molecular weight excluding hydrogens is 326 g/mol. The molecule has 26 heavy (non-hydrogen) atoms. The zero-order chi connectivity index (χ0) is 17.9. The van der Waals surface area contributed by atoms with E-state index in [0.717, 1.165) is 39.0 Å². The third-order valence-corrected chi connectivity index (χ3v) is 5.63. The predicted molar refractivity (Wildman–Crippen MR) is 99.9 cm³/mol. The number of aliphatic hydroxyl groups excluding tert-OH is 1. The third-order valence-electron chi connectivity index (χ3n) is 5.63. The topological polar surface area (TPSA) is 56.7 Å². The quantitative estimate of drug-likeness (QED) is 0.918. The Kier molecular flexibility index (Phi) is 5.00. The number of aromatic nitrogens is 1. The maximum Gasteiger partial charge on any atom is 0.272 e. The molecule has 1 fully saturated rings. The van der Waals surface area contributed by atoms with E-state index in [1.165, 1.54) is 17.5 Å². The summed E-state index contributed by atoms with van der Waals surface area (Å²) in [6.07, 6.45) is 3.47. The summed E-state index contributed by atoms with van der Waals surface area (Å²) < 4.78 is 0. The van der Waals surface area contributed by atoms with Gasteiger partial charge in [-0.2, -0.15) is 0 Å². The van der Waals surface area contributed by atoms with Gasteiger partial charge in [-0.25, -0.2) is 4.98 Å². The number of benzene rings is 1. The number of carbonyl (C=O) groups is 1. The van der Waals surface area contributed by atoms with Crippen LogP contribution in [-0.4, -0.2) is 58.0 Å². The van der Waals surface area contributed by atoms with Crippen LogP contribution in [0.1, 0.15) is 33.7 Å². The first-order valence-electron chi connectivity index (χ1n) is 9.41. The second-order valence-electron chi connectivity index (χ2n) is 7.17. The molecule has 0 radical (unpaired) electrons. The van der Waals surface area contributed by atoms with E-state index >= 15 is 0 Å². The fourth-order valence-corrected chi connectivity index (χ4v) is 4.13. The summed E-state index contributed by atoms with van der Waals surface area (Å²) in [7, 11) is 0. The Balaban J connectivity index is 1.36. The number of amides is 1. The highest BCUT2D eigenvalue weighted by Gasteiger charge is 2.29. The van der Waals surface area contributed by atoms with Gasteiger partial charge in [-0.15, -0.1) is 0 Å². The third kappa shape index (κ3) is 3.50. The van der Waals surface area contributed by atoms with Crippen LogP contribution in [0.25, 0.3) is 0 Å². The molecule has 1 aliphatic heterocycles. The summed E-state index contributed by atoms with van der Waals surface area (Å²) >= 11 is 0. The lowest BCUT2D eigenvalue weighted by atomic mass is 9.87. The number of hydrogen-bond donors (Lipinski definition) is 1. The van der Waals surface area contributed by atoms with Crippen molar-refractivity contribution in [2.45, 2.75) is 31.9 Å². The number of piperazine rings is 1. The molecule has 2 heterocycles. The van der Waals surface area contributed by atoms with Gasteiger partial charge < -0.3 is 10.0 Å². The van der Waals surface area contributed by atoms with E-state index < -0.39 is 0 Å². The fourth-order valence-electron chi connectivity index (χ4n) is 4.13. The van der Waals surface area contributed by atoms with Gasteiger partial charge in [-0.1, -0.05) is 30.3 Å². The van der Waals surface area contributed by atoms with E-state index in [1.807, 2.05) is 4.90 Å². The molecule has 5 nitrogen and oxygen atoms in total. The first-order chi connectivity index (χ1) is 12.7. The van der Waals surface area contributed by atoms with Gasteiger partial charge in [0, 0.05) is 32.2 Å². The van der Waals surface area contributed by atoms with E-state index in [9.17, 15) is 9.90 Å². The van der Waals surface area contributed by atoms with Crippen molar-refractivity contribution >= 4 is 5.91 Å². The van der Waals surface area contributed by atoms with Gasteiger partial charge in [-0.3, -0.25) is 9.69 Å². The van der Waals surface area contributed by atoms with Gasteiger partial charge >= 0.3 is 0 Å². The van der Waals surface area contributed by atoms with Crippen molar-refractivity contribution in [3.8, 4) is 0 Å². The molecule has 1 aromatic carbocycles. The summed E-state index contributed by atoms with van der Waals surface area (Å²) in [4.78, 5) is 21.3. The lowest BCUT2D eigenvalue weighted by Crippen LogP contribution is -2.53. The van der Waals surface area contributed by atoms with Gasteiger partial charge in [0.1, 0.15) is 5.69 Å². The molecule has 0 spiro atoms. The highest BCUT2D eigenvalue weighted by atomic mass is 16.3. The van der Waals surface area contributed by atoms with Crippen molar-refractivity contribution < 1.29 is 9.90 Å². The van der Waals surface area contributed by atoms with Crippen molar-refractivity contribution in [1.82, 2.24) is 14.8 Å². The molecule has 1 aromatic heterocycles. The molecule has 1 aliphatic carbocycles. The molecule has 0 bridgehead atoms. The number of carbonyl (C=O) groups excluding carboxylic acids is 1. The molecule has 136 valence electrons. The van der Waals surface area contributed by atoms with Crippen molar-refractivity contribution in [2.75, 3.05) is 26.2 Å². The molecule has 1 atom stereocenters. The number of aliphatic hydroxyl groups is 1. The van der Waals surface area contributed by atoms with Crippen LogP contribution in [0.15, 0.2) is 42.5 Å². The van der Waals surface area contributed by atoms with Crippen molar-refractivity contribution in [1.29, 1.82) is 0 Å². The summed E-state index contributed by atoms with van der Waals surface area (Å²) in [6, 6.07) is 14.6. The molecule has 2 aliphatic rings. The molecule has 2 aromatic rings. The number of rotatable bonds is 3. The number of pyridine rings is 1. The molecule has 0 unspecified atom stereocenters. The van der Waals surface area contributed by atoms with Crippen LogP contribution in [0, 0.1) is 0 Å². The van der Waals surface area contributed by atoms with E-state index in [4.69, 9.17) is 0 Å². The van der Waals surface area contributed by atoms with Crippen molar-refractivity contribution in [3.63, 3.8) is 0 Å². The van der Waals surface area contributed by atoms with Crippen LogP contribution in [0.3, 0.4) is 0 Å². The SMILES string of the molecule is O=C(c1cccc(CO)n1)N1CCN([C@@H]2CCc3ccccc3C2)CC1. The Labute approximate surface area is 154 Å². The van der Waals surface area contributed by atoms with E-state index in [0.29, 0.717) is 17.4 Å². The monoisotopic (exact) mass is 351 g/mol. The molecule has 5 heteroatoms. The summed E-state index contributed by atoms with van der Waals surface area (Å²) in [6.45, 7) is 3.17. The van der Waals surface area contributed by atoms with Gasteiger partial charge in [0.2, 0.25) is 0 Å². The molecular formula is C21H25N3O2. The molecule has 0 saturated carbocycles. The molecule has 1 N–H and O–H groups in total. The fraction of sp³-hybridized carbons (Fsp3) is 0.429. The second kappa shape index (κ2) is 7.56. The lowest BCUT2D eigenvalue weighted by Gasteiger charge is -2.41. The minimum absolute atomic E-state index is 0.0334. The second-order valence-corrected chi connectivity index (χ2v) is 7.17. The molecule has 1 saturated heterocycles. The van der Waals surface area contributed by atoms with Crippen LogP contribution < -0.4 is 0 Å². The summed E-state index contributed by atoms with van der Waals surface area (Å²) in [5, 5.41) is 9.21. The highest BCUT2D eigenvalue weighted by Crippen LogP contribution is 2.25. The van der Waals surface area contributed by atoms with E-state index in [2.05, 4.69) is 34.1 Å². The smallest absolute Gasteiger partial charge is 0.272 e. The van der Waals surface area contributed by atoms with Gasteiger partial charge in [0.25, 0.3) is 5.91 Å². The van der Waals surface area contributed by atoms with E-state index in [1.54, 1.807) is 18.2 Å². The first kappa shape index (κ1) is 17.2. The number of hydrogen-bond acceptors (Lipinski definition) is 4. The van der Waals surface area contributed by atoms with Gasteiger partial charge in [-0.05, 0) is 42.5 Å². The minimum atomic E-state index is -0.141. The average molecular weight is 351 g/mol. The van der Waals surface area contributed by atoms with Crippen molar-refractivity contribution in [3.05, 3.63) is 65.0 Å². The van der Waals surface area contributed by atoms with Gasteiger partial charge in [0.05, 0.1) is 12.3 Å². The Morgan fingerprint density at radius 3 is 2.58 bits per heavy atom. The Bertz CT molecular complexity index is 784. The number of aryl methyl sites for hydroxylation is 1. The maximum atomic E-state index is 12.7. The van der Waals surface area contributed by atoms with Crippen LogP contribution in [0.2, 0.25) is 0 Å². The minimum Gasteiger partial charge on any atom is -0.390 e. The number of nitrogens with zero attached hydrogens (tertiary/aromatic N) is 3. The van der Waals surface area contributed by atoms with E-state index in [-0.39, 0.29) is 12.5 Å². The lowest BCUT2D eigenvalue weighted by molar-refractivity contribution is 0.0547. The predicted octanol–water partition coefficient (Wildman–Crippen LogP) is 1.89. The Morgan fingerprint density at radius 1 is 1.04 bits per heavy atom. The summed E-state index contributed by atoms with van der Waals surface area (Å²) in [5.41, 5.74) is 3.94. The zero-order valence-electron chi connectivity index (χ0n) is 15.0. The van der Waals surface area contributed by atoms with Crippen LogP contribution >= 0.6 is 0 Å². The maximum absolute atomic E-state index is 12.7. The largest absolute Gasteiger partial charge is 0.390 e. The van der Waals surface area contributed by atoms with Crippen LogP contribution in [0.5, 0.6) is 0 Å². The highest BCUT2D eigenvalue weighted by molar-refractivity contribution is 5.92. The average Bonchev–Trinajstić information content (AvgIpc) is 2.73. The first-order valence-corrected chi connectivity index (χ1v) is 9.41. The molecule has 1 amide bonds. The number of fused-ring (bicyclic) bond motifs is 1. The van der Waals surface area contributed by atoms with Crippen LogP contribution in [0.4, 0.5) is 0 Å². The zero-order valence-corrected chi connectivity index (χ0v) is 15.0. The Morgan fingerprint density at radius 2 is 1.81 bits per heavy atom. The molecule has 4 rings (SSSR count). The van der Waals surface area contributed by atoms with Gasteiger partial charge in [0.15, 0.2) is 0 Å². The Hall–Kier alpha value is -2.24. The van der Waals surface area contributed by atoms with Crippen LogP contribution in [-0.2, 0) is 19.4 Å². The summed E-state index contributed by atoms with van der Waals surface area (Å²) in [5.74, 6) is -0.0334. The standard InChI is InChI=1S/C21H25N3O2/c25-15-18-6-3-7-20(22-18)21(26)24-12-10-23(11-13-24)19-9-8-16-4-1-2-5-17(16)14-19/h1-7,19,25H,8-15H2/t19-/m1/s1. The normalized spacial score (nSPS) is 20.7.